The number of carbonyl (C=O) groups is 3. The van der Waals surface area contributed by atoms with Crippen LogP contribution in [-0.2, 0) is 14.4 Å². The number of carbonyl (C=O) groups excluding carboxylic acids is 3. The third-order valence-corrected chi connectivity index (χ3v) is 5.75. The molecule has 1 atom stereocenters. The Morgan fingerprint density at radius 3 is 1.96 bits per heavy atom. The molecule has 2 amide bonds. The van der Waals surface area contributed by atoms with Crippen molar-refractivity contribution in [2.24, 2.45) is 5.41 Å². The minimum atomic E-state index is -0.946. The van der Waals surface area contributed by atoms with Gasteiger partial charge in [0.05, 0.1) is 43.2 Å². The van der Waals surface area contributed by atoms with Gasteiger partial charge in [-0.3, -0.25) is 9.59 Å². The molecule has 1 unspecified atom stereocenters. The standard InChI is InChI=1S/C14H9Cl4NO5/c1-14(2-3-23-4-14)13(22)24-19-11(20)5-6(12(19)21)8(16)10(18)9(17)7(5)15/h2-4H2,1H3. The van der Waals surface area contributed by atoms with E-state index >= 15 is 0 Å². The molecule has 2 heterocycles. The Labute approximate surface area is 156 Å². The maximum atomic E-state index is 12.5. The molecule has 0 N–H and O–H groups in total. The molecule has 2 aliphatic rings. The topological polar surface area (TPSA) is 72.9 Å². The number of halogens is 4. The summed E-state index contributed by atoms with van der Waals surface area (Å²) < 4.78 is 5.16. The van der Waals surface area contributed by atoms with Crippen LogP contribution >= 0.6 is 46.4 Å². The van der Waals surface area contributed by atoms with Gasteiger partial charge in [-0.25, -0.2) is 4.79 Å². The Kier molecular flexibility index (Phi) is 4.47. The molecule has 1 fully saturated rings. The summed E-state index contributed by atoms with van der Waals surface area (Å²) in [6.07, 6.45) is 0.411. The lowest BCUT2D eigenvalue weighted by atomic mass is 9.90. The van der Waals surface area contributed by atoms with Crippen LogP contribution < -0.4 is 0 Å². The molecule has 24 heavy (non-hydrogen) atoms. The molecule has 0 spiro atoms. The Hall–Kier alpha value is -1.05. The number of nitrogens with zero attached hydrogens (tertiary/aromatic N) is 1. The van der Waals surface area contributed by atoms with Gasteiger partial charge >= 0.3 is 5.97 Å². The second kappa shape index (κ2) is 6.04. The predicted molar refractivity (Wildman–Crippen MR) is 86.6 cm³/mol. The van der Waals surface area contributed by atoms with Crippen LogP contribution in [0.5, 0.6) is 0 Å². The van der Waals surface area contributed by atoms with Crippen LogP contribution in [0.2, 0.25) is 20.1 Å². The summed E-state index contributed by atoms with van der Waals surface area (Å²) in [7, 11) is 0. The minimum Gasteiger partial charge on any atom is -0.380 e. The highest BCUT2D eigenvalue weighted by Crippen LogP contribution is 2.45. The fourth-order valence-electron chi connectivity index (χ4n) is 2.43. The molecule has 6 nitrogen and oxygen atoms in total. The van der Waals surface area contributed by atoms with Gasteiger partial charge in [0, 0.05) is 6.61 Å². The van der Waals surface area contributed by atoms with E-state index in [9.17, 15) is 14.4 Å². The number of amides is 2. The van der Waals surface area contributed by atoms with Crippen molar-refractivity contribution in [3.8, 4) is 0 Å². The summed E-state index contributed by atoms with van der Waals surface area (Å²) >= 11 is 23.8. The lowest BCUT2D eigenvalue weighted by molar-refractivity contribution is -0.180. The fraction of sp³-hybridized carbons (Fsp3) is 0.357. The molecule has 128 valence electrons. The van der Waals surface area contributed by atoms with Gasteiger partial charge in [0.15, 0.2) is 0 Å². The van der Waals surface area contributed by atoms with Crippen LogP contribution in [0.25, 0.3) is 0 Å². The molecule has 0 saturated carbocycles. The van der Waals surface area contributed by atoms with Gasteiger partial charge in [-0.15, -0.1) is 0 Å². The number of hydroxylamine groups is 2. The van der Waals surface area contributed by atoms with Crippen molar-refractivity contribution in [1.29, 1.82) is 0 Å². The molecule has 1 aromatic carbocycles. The average Bonchev–Trinajstić information content (AvgIpc) is 3.09. The van der Waals surface area contributed by atoms with Crippen molar-refractivity contribution in [3.63, 3.8) is 0 Å². The zero-order valence-corrected chi connectivity index (χ0v) is 15.1. The van der Waals surface area contributed by atoms with Gasteiger partial charge in [0.25, 0.3) is 11.8 Å². The Morgan fingerprint density at radius 2 is 1.54 bits per heavy atom. The van der Waals surface area contributed by atoms with Crippen molar-refractivity contribution in [2.75, 3.05) is 13.2 Å². The smallest absolute Gasteiger partial charge is 0.341 e. The van der Waals surface area contributed by atoms with Crippen LogP contribution in [0.15, 0.2) is 0 Å². The summed E-state index contributed by atoms with van der Waals surface area (Å²) in [6, 6.07) is 0. The summed E-state index contributed by atoms with van der Waals surface area (Å²) in [5.74, 6) is -2.63. The lowest BCUT2D eigenvalue weighted by Gasteiger charge is -2.22. The summed E-state index contributed by atoms with van der Waals surface area (Å²) in [5, 5.41) is -0.456. The molecular weight excluding hydrogens is 404 g/mol. The highest BCUT2D eigenvalue weighted by Gasteiger charge is 2.47. The van der Waals surface area contributed by atoms with Gasteiger partial charge in [-0.05, 0) is 13.3 Å². The van der Waals surface area contributed by atoms with Gasteiger partial charge in [0.1, 0.15) is 0 Å². The molecular formula is C14H9Cl4NO5. The first-order valence-corrected chi connectivity index (χ1v) is 8.25. The van der Waals surface area contributed by atoms with E-state index in [0.29, 0.717) is 18.1 Å². The van der Waals surface area contributed by atoms with Crippen LogP contribution in [0.3, 0.4) is 0 Å². The highest BCUT2D eigenvalue weighted by atomic mass is 35.5. The van der Waals surface area contributed by atoms with Crippen LogP contribution in [0.4, 0.5) is 0 Å². The molecule has 0 radical (unpaired) electrons. The van der Waals surface area contributed by atoms with Crippen molar-refractivity contribution in [1.82, 2.24) is 5.06 Å². The van der Waals surface area contributed by atoms with Gasteiger partial charge in [0.2, 0.25) is 0 Å². The largest absolute Gasteiger partial charge is 0.380 e. The van der Waals surface area contributed by atoms with E-state index in [2.05, 4.69) is 0 Å². The second-order valence-corrected chi connectivity index (χ2v) is 7.16. The first-order chi connectivity index (χ1) is 11.2. The Balaban J connectivity index is 1.98. The molecule has 0 aromatic heterocycles. The van der Waals surface area contributed by atoms with Gasteiger partial charge < -0.3 is 9.57 Å². The molecule has 3 rings (SSSR count). The molecule has 1 saturated heterocycles. The number of fused-ring (bicyclic) bond motifs is 1. The monoisotopic (exact) mass is 411 g/mol. The fourth-order valence-corrected chi connectivity index (χ4v) is 3.45. The first kappa shape index (κ1) is 17.8. The Bertz CT molecular complexity index is 741. The molecule has 1 aromatic rings. The van der Waals surface area contributed by atoms with E-state index in [-0.39, 0.29) is 37.8 Å². The summed E-state index contributed by atoms with van der Waals surface area (Å²) in [6.45, 7) is 2.14. The quantitative estimate of drug-likeness (QED) is 0.419. The summed E-state index contributed by atoms with van der Waals surface area (Å²) in [5.41, 5.74) is -1.44. The normalized spacial score (nSPS) is 23.0. The maximum absolute atomic E-state index is 12.5. The number of imide groups is 1. The maximum Gasteiger partial charge on any atom is 0.341 e. The van der Waals surface area contributed by atoms with Crippen LogP contribution in [-0.4, -0.2) is 36.1 Å². The molecule has 2 aliphatic heterocycles. The van der Waals surface area contributed by atoms with Gasteiger partial charge in [-0.1, -0.05) is 51.5 Å². The third-order valence-electron chi connectivity index (χ3n) is 3.95. The molecule has 0 aliphatic carbocycles. The van der Waals surface area contributed by atoms with E-state index in [4.69, 9.17) is 56.0 Å². The van der Waals surface area contributed by atoms with E-state index < -0.39 is 23.2 Å². The van der Waals surface area contributed by atoms with Gasteiger partial charge in [-0.2, -0.15) is 0 Å². The van der Waals surface area contributed by atoms with E-state index in [1.54, 1.807) is 6.92 Å². The number of rotatable bonds is 2. The SMILES string of the molecule is CC1(C(=O)ON2C(=O)c3c(Cl)c(Cl)c(Cl)c(Cl)c3C2=O)CCOC1. The molecule has 0 bridgehead atoms. The predicted octanol–water partition coefficient (Wildman–Crippen LogP) is 3.78. The van der Waals surface area contributed by atoms with E-state index in [1.165, 1.54) is 0 Å². The van der Waals surface area contributed by atoms with Crippen LogP contribution in [0.1, 0.15) is 34.1 Å². The van der Waals surface area contributed by atoms with Crippen molar-refractivity contribution < 1.29 is 24.0 Å². The Morgan fingerprint density at radius 1 is 1.04 bits per heavy atom. The molecule has 10 heteroatoms. The van der Waals surface area contributed by atoms with Crippen molar-refractivity contribution in [3.05, 3.63) is 31.2 Å². The van der Waals surface area contributed by atoms with E-state index in [1.807, 2.05) is 0 Å². The number of ether oxygens (including phenoxy) is 1. The number of benzene rings is 1. The first-order valence-electron chi connectivity index (χ1n) is 6.74. The zero-order chi connectivity index (χ0) is 17.8. The van der Waals surface area contributed by atoms with Crippen molar-refractivity contribution >= 4 is 64.2 Å². The second-order valence-electron chi connectivity index (χ2n) is 5.65. The van der Waals surface area contributed by atoms with E-state index in [0.717, 1.165) is 0 Å². The lowest BCUT2D eigenvalue weighted by Crippen LogP contribution is -2.39. The average molecular weight is 413 g/mol. The third kappa shape index (κ3) is 2.48. The number of hydrogen-bond donors (Lipinski definition) is 0. The number of hydrogen-bond acceptors (Lipinski definition) is 5. The van der Waals surface area contributed by atoms with Crippen molar-refractivity contribution in [2.45, 2.75) is 13.3 Å². The summed E-state index contributed by atoms with van der Waals surface area (Å²) in [4.78, 5) is 42.2. The van der Waals surface area contributed by atoms with Crippen LogP contribution in [0, 0.1) is 5.41 Å². The minimum absolute atomic E-state index is 0.133. The highest BCUT2D eigenvalue weighted by molar-refractivity contribution is 6.55. The zero-order valence-electron chi connectivity index (χ0n) is 12.1.